The van der Waals surface area contributed by atoms with Gasteiger partial charge in [0.1, 0.15) is 11.6 Å². The van der Waals surface area contributed by atoms with Gasteiger partial charge in [-0.2, -0.15) is 0 Å². The zero-order chi connectivity index (χ0) is 15.1. The van der Waals surface area contributed by atoms with Crippen LogP contribution in [-0.4, -0.2) is 23.5 Å². The number of phenolic OH excluding ortho intramolecular Hbond substituents is 1. The second kappa shape index (κ2) is 7.47. The first-order chi connectivity index (χ1) is 9.38. The SMILES string of the molecule is CC(C)CCC(=O)NCC(=O)Nc1cc(F)ccc1O. The predicted octanol–water partition coefficient (Wildman–Crippen LogP) is 2.02. The third kappa shape index (κ3) is 5.69. The Hall–Kier alpha value is -2.11. The van der Waals surface area contributed by atoms with Crippen molar-refractivity contribution in [3.63, 3.8) is 0 Å². The Labute approximate surface area is 117 Å². The van der Waals surface area contributed by atoms with Crippen molar-refractivity contribution in [2.45, 2.75) is 26.7 Å². The highest BCUT2D eigenvalue weighted by atomic mass is 19.1. The Balaban J connectivity index is 2.40. The Bertz CT molecular complexity index is 489. The number of amides is 2. The molecule has 1 aromatic carbocycles. The fourth-order valence-corrected chi connectivity index (χ4v) is 1.49. The number of carbonyl (C=O) groups is 2. The Kier molecular flexibility index (Phi) is 5.96. The molecule has 0 heterocycles. The third-order valence-electron chi connectivity index (χ3n) is 2.63. The van der Waals surface area contributed by atoms with Crippen LogP contribution in [0.5, 0.6) is 5.75 Å². The van der Waals surface area contributed by atoms with Crippen LogP contribution < -0.4 is 10.6 Å². The molecular weight excluding hydrogens is 263 g/mol. The van der Waals surface area contributed by atoms with Crippen LogP contribution in [0, 0.1) is 11.7 Å². The second-order valence-corrected chi connectivity index (χ2v) is 4.92. The van der Waals surface area contributed by atoms with E-state index in [9.17, 15) is 19.1 Å². The molecule has 0 fully saturated rings. The van der Waals surface area contributed by atoms with Crippen LogP contribution in [0.1, 0.15) is 26.7 Å². The lowest BCUT2D eigenvalue weighted by molar-refractivity contribution is -0.124. The molecule has 0 saturated heterocycles. The molecule has 0 aliphatic rings. The molecule has 0 aliphatic heterocycles. The standard InChI is InChI=1S/C14H19FN2O3/c1-9(2)3-6-13(19)16-8-14(20)17-11-7-10(15)4-5-12(11)18/h4-5,7,9,18H,3,6,8H2,1-2H3,(H,16,19)(H,17,20). The maximum Gasteiger partial charge on any atom is 0.243 e. The van der Waals surface area contributed by atoms with Crippen LogP contribution in [0.25, 0.3) is 0 Å². The van der Waals surface area contributed by atoms with Crippen molar-refractivity contribution in [3.8, 4) is 5.75 Å². The number of carbonyl (C=O) groups excluding carboxylic acids is 2. The highest BCUT2D eigenvalue weighted by molar-refractivity contribution is 5.95. The van der Waals surface area contributed by atoms with Gasteiger partial charge in [0.15, 0.2) is 0 Å². The van der Waals surface area contributed by atoms with E-state index in [0.29, 0.717) is 12.3 Å². The van der Waals surface area contributed by atoms with E-state index in [1.807, 2.05) is 13.8 Å². The number of aromatic hydroxyl groups is 1. The monoisotopic (exact) mass is 282 g/mol. The fraction of sp³-hybridized carbons (Fsp3) is 0.429. The summed E-state index contributed by atoms with van der Waals surface area (Å²) in [6.45, 7) is 3.80. The molecule has 0 atom stereocenters. The molecule has 0 aromatic heterocycles. The number of rotatable bonds is 6. The van der Waals surface area contributed by atoms with E-state index in [1.54, 1.807) is 0 Å². The van der Waals surface area contributed by atoms with Crippen molar-refractivity contribution in [1.29, 1.82) is 0 Å². The summed E-state index contributed by atoms with van der Waals surface area (Å²) in [7, 11) is 0. The van der Waals surface area contributed by atoms with E-state index in [-0.39, 0.29) is 23.9 Å². The van der Waals surface area contributed by atoms with Gasteiger partial charge in [0.05, 0.1) is 12.2 Å². The maximum atomic E-state index is 13.0. The number of hydrogen-bond donors (Lipinski definition) is 3. The van der Waals surface area contributed by atoms with E-state index in [2.05, 4.69) is 10.6 Å². The molecular formula is C14H19FN2O3. The molecule has 0 saturated carbocycles. The van der Waals surface area contributed by atoms with Gasteiger partial charge in [-0.15, -0.1) is 0 Å². The van der Waals surface area contributed by atoms with Crippen LogP contribution in [0.15, 0.2) is 18.2 Å². The number of benzene rings is 1. The number of phenols is 1. The summed E-state index contributed by atoms with van der Waals surface area (Å²) in [5, 5.41) is 14.2. The van der Waals surface area contributed by atoms with Gasteiger partial charge < -0.3 is 15.7 Å². The summed E-state index contributed by atoms with van der Waals surface area (Å²) in [4.78, 5) is 23.0. The zero-order valence-electron chi connectivity index (χ0n) is 11.6. The maximum absolute atomic E-state index is 13.0. The van der Waals surface area contributed by atoms with Crippen LogP contribution in [-0.2, 0) is 9.59 Å². The van der Waals surface area contributed by atoms with E-state index < -0.39 is 11.7 Å². The van der Waals surface area contributed by atoms with E-state index in [1.165, 1.54) is 0 Å². The number of hydrogen-bond acceptors (Lipinski definition) is 3. The zero-order valence-corrected chi connectivity index (χ0v) is 11.6. The van der Waals surface area contributed by atoms with E-state index in [4.69, 9.17) is 0 Å². The molecule has 2 amide bonds. The molecule has 0 spiro atoms. The molecule has 1 rings (SSSR count). The normalized spacial score (nSPS) is 10.4. The minimum absolute atomic E-state index is 0.0218. The highest BCUT2D eigenvalue weighted by Gasteiger charge is 2.09. The van der Waals surface area contributed by atoms with Crippen LogP contribution in [0.3, 0.4) is 0 Å². The van der Waals surface area contributed by atoms with Gasteiger partial charge in [-0.1, -0.05) is 13.8 Å². The van der Waals surface area contributed by atoms with Crippen molar-refractivity contribution in [2.24, 2.45) is 5.92 Å². The minimum atomic E-state index is -0.570. The molecule has 5 nitrogen and oxygen atoms in total. The summed E-state index contributed by atoms with van der Waals surface area (Å²) >= 11 is 0. The quantitative estimate of drug-likeness (QED) is 0.698. The van der Waals surface area contributed by atoms with Gasteiger partial charge in [0.25, 0.3) is 0 Å². The minimum Gasteiger partial charge on any atom is -0.506 e. The van der Waals surface area contributed by atoms with Gasteiger partial charge >= 0.3 is 0 Å². The Morgan fingerprint density at radius 2 is 2.00 bits per heavy atom. The summed E-state index contributed by atoms with van der Waals surface area (Å²) in [6.07, 6.45) is 1.11. The lowest BCUT2D eigenvalue weighted by atomic mass is 10.1. The molecule has 110 valence electrons. The first-order valence-corrected chi connectivity index (χ1v) is 6.43. The summed E-state index contributed by atoms with van der Waals surface area (Å²) < 4.78 is 13.0. The van der Waals surface area contributed by atoms with E-state index in [0.717, 1.165) is 24.6 Å². The average molecular weight is 282 g/mol. The molecule has 0 unspecified atom stereocenters. The Morgan fingerprint density at radius 1 is 1.30 bits per heavy atom. The molecule has 6 heteroatoms. The summed E-state index contributed by atoms with van der Waals surface area (Å²) in [5.74, 6) is -1.12. The molecule has 0 radical (unpaired) electrons. The third-order valence-corrected chi connectivity index (χ3v) is 2.63. The van der Waals surface area contributed by atoms with Gasteiger partial charge in [-0.3, -0.25) is 9.59 Å². The van der Waals surface area contributed by atoms with Crippen molar-refractivity contribution < 1.29 is 19.1 Å². The van der Waals surface area contributed by atoms with Crippen molar-refractivity contribution in [1.82, 2.24) is 5.32 Å². The fourth-order valence-electron chi connectivity index (χ4n) is 1.49. The van der Waals surface area contributed by atoms with Crippen LogP contribution in [0.2, 0.25) is 0 Å². The topological polar surface area (TPSA) is 78.4 Å². The van der Waals surface area contributed by atoms with Crippen LogP contribution in [0.4, 0.5) is 10.1 Å². The molecule has 1 aromatic rings. The molecule has 20 heavy (non-hydrogen) atoms. The van der Waals surface area contributed by atoms with Gasteiger partial charge in [-0.25, -0.2) is 4.39 Å². The van der Waals surface area contributed by atoms with Gasteiger partial charge in [0, 0.05) is 12.5 Å². The number of nitrogens with one attached hydrogen (secondary N) is 2. The molecule has 3 N–H and O–H groups in total. The lowest BCUT2D eigenvalue weighted by Crippen LogP contribution is -2.32. The molecule has 0 bridgehead atoms. The van der Waals surface area contributed by atoms with E-state index >= 15 is 0 Å². The molecule has 0 aliphatic carbocycles. The number of halogens is 1. The van der Waals surface area contributed by atoms with Crippen LogP contribution >= 0.6 is 0 Å². The van der Waals surface area contributed by atoms with Gasteiger partial charge in [-0.05, 0) is 24.5 Å². The average Bonchev–Trinajstić information content (AvgIpc) is 2.38. The Morgan fingerprint density at radius 3 is 2.65 bits per heavy atom. The smallest absolute Gasteiger partial charge is 0.243 e. The summed E-state index contributed by atoms with van der Waals surface area (Å²) in [6, 6.07) is 3.23. The van der Waals surface area contributed by atoms with Crippen molar-refractivity contribution >= 4 is 17.5 Å². The largest absolute Gasteiger partial charge is 0.506 e. The first kappa shape index (κ1) is 15.9. The summed E-state index contributed by atoms with van der Waals surface area (Å²) in [5.41, 5.74) is -0.0218. The number of anilines is 1. The van der Waals surface area contributed by atoms with Crippen molar-refractivity contribution in [2.75, 3.05) is 11.9 Å². The first-order valence-electron chi connectivity index (χ1n) is 6.43. The lowest BCUT2D eigenvalue weighted by Gasteiger charge is -2.09. The highest BCUT2D eigenvalue weighted by Crippen LogP contribution is 2.23. The van der Waals surface area contributed by atoms with Crippen molar-refractivity contribution in [3.05, 3.63) is 24.0 Å². The van der Waals surface area contributed by atoms with Gasteiger partial charge in [0.2, 0.25) is 11.8 Å². The predicted molar refractivity (Wildman–Crippen MR) is 73.8 cm³/mol. The second-order valence-electron chi connectivity index (χ2n) is 4.92.